The molecule has 20 heavy (non-hydrogen) atoms. The molecular formula is C15H18ClNO3. The topological polar surface area (TPSA) is 47.6 Å². The van der Waals surface area contributed by atoms with E-state index in [1.54, 1.807) is 0 Å². The molecule has 1 atom stereocenters. The molecule has 1 aromatic carbocycles. The fourth-order valence-corrected chi connectivity index (χ4v) is 2.83. The quantitative estimate of drug-likeness (QED) is 0.848. The number of carbonyl (C=O) groups excluding carboxylic acids is 1. The van der Waals surface area contributed by atoms with Crippen molar-refractivity contribution in [3.63, 3.8) is 0 Å². The minimum Gasteiger partial charge on any atom is -0.485 e. The van der Waals surface area contributed by atoms with Crippen LogP contribution in [0.25, 0.3) is 0 Å². The van der Waals surface area contributed by atoms with E-state index in [2.05, 4.69) is 5.32 Å². The van der Waals surface area contributed by atoms with Crippen LogP contribution in [0.3, 0.4) is 0 Å². The molecule has 1 aliphatic carbocycles. The average molecular weight is 296 g/mol. The number of alkyl halides is 1. The second-order valence-electron chi connectivity index (χ2n) is 5.52. The third kappa shape index (κ3) is 2.85. The second kappa shape index (κ2) is 5.52. The average Bonchev–Trinajstić information content (AvgIpc) is 3.25. The molecule has 1 aliphatic heterocycles. The number of fused-ring (bicyclic) bond motifs is 1. The zero-order valence-electron chi connectivity index (χ0n) is 11.2. The first kappa shape index (κ1) is 13.6. The highest BCUT2D eigenvalue weighted by atomic mass is 35.5. The number of nitrogens with one attached hydrogen (secondary N) is 1. The van der Waals surface area contributed by atoms with Gasteiger partial charge in [-0.05, 0) is 36.8 Å². The molecule has 1 N–H and O–H groups in total. The largest absolute Gasteiger partial charge is 0.485 e. The van der Waals surface area contributed by atoms with E-state index in [0.29, 0.717) is 23.9 Å². The van der Waals surface area contributed by atoms with Crippen molar-refractivity contribution in [2.75, 3.05) is 19.0 Å². The van der Waals surface area contributed by atoms with Gasteiger partial charge in [0.1, 0.15) is 6.61 Å². The Kier molecular flexibility index (Phi) is 3.74. The lowest BCUT2D eigenvalue weighted by Crippen LogP contribution is -2.45. The first-order valence-corrected chi connectivity index (χ1v) is 7.48. The summed E-state index contributed by atoms with van der Waals surface area (Å²) in [5, 5.41) is 2.97. The van der Waals surface area contributed by atoms with Gasteiger partial charge in [-0.1, -0.05) is 12.1 Å². The number of rotatable bonds is 5. The van der Waals surface area contributed by atoms with Crippen molar-refractivity contribution in [3.8, 4) is 11.5 Å². The van der Waals surface area contributed by atoms with Crippen molar-refractivity contribution in [2.24, 2.45) is 5.41 Å². The van der Waals surface area contributed by atoms with E-state index in [0.717, 1.165) is 19.3 Å². The van der Waals surface area contributed by atoms with Gasteiger partial charge in [0.05, 0.1) is 0 Å². The van der Waals surface area contributed by atoms with Gasteiger partial charge in [0.25, 0.3) is 5.91 Å². The Morgan fingerprint density at radius 1 is 1.35 bits per heavy atom. The van der Waals surface area contributed by atoms with Crippen LogP contribution in [-0.4, -0.2) is 31.0 Å². The summed E-state index contributed by atoms with van der Waals surface area (Å²) in [6.45, 7) is 0.936. The molecule has 1 unspecified atom stereocenters. The zero-order chi connectivity index (χ0) is 14.0. The van der Waals surface area contributed by atoms with Gasteiger partial charge in [0.15, 0.2) is 11.5 Å². The fourth-order valence-electron chi connectivity index (χ4n) is 2.43. The highest BCUT2D eigenvalue weighted by Crippen LogP contribution is 2.48. The smallest absolute Gasteiger partial charge is 0.264 e. The summed E-state index contributed by atoms with van der Waals surface area (Å²) >= 11 is 5.79. The van der Waals surface area contributed by atoms with Crippen LogP contribution >= 0.6 is 11.6 Å². The van der Waals surface area contributed by atoms with Crippen LogP contribution in [-0.2, 0) is 4.79 Å². The summed E-state index contributed by atoms with van der Waals surface area (Å²) in [6, 6.07) is 7.39. The Hall–Kier alpha value is -1.42. The molecule has 1 amide bonds. The number of amides is 1. The molecular weight excluding hydrogens is 278 g/mol. The number of benzene rings is 1. The Bertz CT molecular complexity index is 502. The first-order chi connectivity index (χ1) is 9.72. The third-order valence-corrected chi connectivity index (χ3v) is 4.21. The number of para-hydroxylation sites is 2. The van der Waals surface area contributed by atoms with Gasteiger partial charge in [-0.2, -0.15) is 0 Å². The molecule has 3 rings (SSSR count). The molecule has 0 spiro atoms. The molecule has 1 saturated carbocycles. The molecule has 5 heteroatoms. The number of hydrogen-bond donors (Lipinski definition) is 1. The van der Waals surface area contributed by atoms with E-state index in [1.165, 1.54) is 0 Å². The summed E-state index contributed by atoms with van der Waals surface area (Å²) in [6.07, 6.45) is 2.67. The molecule has 2 aliphatic rings. The molecule has 108 valence electrons. The molecule has 4 nitrogen and oxygen atoms in total. The summed E-state index contributed by atoms with van der Waals surface area (Å²) in [7, 11) is 0. The van der Waals surface area contributed by atoms with Crippen LogP contribution in [0.4, 0.5) is 0 Å². The third-order valence-electron chi connectivity index (χ3n) is 4.02. The number of carbonyl (C=O) groups is 1. The van der Waals surface area contributed by atoms with Crippen LogP contribution < -0.4 is 14.8 Å². The Balaban J connectivity index is 1.54. The van der Waals surface area contributed by atoms with Crippen molar-refractivity contribution in [3.05, 3.63) is 24.3 Å². The van der Waals surface area contributed by atoms with Gasteiger partial charge in [-0.15, -0.1) is 11.6 Å². The highest BCUT2D eigenvalue weighted by Gasteiger charge is 2.42. The molecule has 1 fully saturated rings. The summed E-state index contributed by atoms with van der Waals surface area (Å²) < 4.78 is 11.2. The summed E-state index contributed by atoms with van der Waals surface area (Å²) in [4.78, 5) is 12.1. The minimum absolute atomic E-state index is 0.111. The van der Waals surface area contributed by atoms with Crippen molar-refractivity contribution in [2.45, 2.75) is 25.4 Å². The normalized spacial score (nSPS) is 22.1. The number of hydrogen-bond acceptors (Lipinski definition) is 3. The van der Waals surface area contributed by atoms with Gasteiger partial charge in [-0.3, -0.25) is 4.79 Å². The monoisotopic (exact) mass is 295 g/mol. The van der Waals surface area contributed by atoms with Gasteiger partial charge < -0.3 is 14.8 Å². The van der Waals surface area contributed by atoms with Crippen LogP contribution in [0.5, 0.6) is 11.5 Å². The molecule has 1 aromatic rings. The fraction of sp³-hybridized carbons (Fsp3) is 0.533. The maximum Gasteiger partial charge on any atom is 0.264 e. The molecule has 1 heterocycles. The van der Waals surface area contributed by atoms with Gasteiger partial charge in [0, 0.05) is 12.4 Å². The van der Waals surface area contributed by atoms with Gasteiger partial charge in [-0.25, -0.2) is 0 Å². The standard InChI is InChI=1S/C15H18ClNO3/c16-8-7-15(5-6-15)10-17-14(18)13-9-19-11-3-1-2-4-12(11)20-13/h1-4,13H,5-10H2,(H,17,18). The van der Waals surface area contributed by atoms with E-state index in [4.69, 9.17) is 21.1 Å². The molecule has 0 aromatic heterocycles. The Morgan fingerprint density at radius 2 is 2.10 bits per heavy atom. The van der Waals surface area contributed by atoms with E-state index in [9.17, 15) is 4.79 Å². The zero-order valence-corrected chi connectivity index (χ0v) is 12.0. The SMILES string of the molecule is O=C(NCC1(CCCl)CC1)C1COc2ccccc2O1. The minimum atomic E-state index is -0.572. The maximum absolute atomic E-state index is 12.1. The maximum atomic E-state index is 12.1. The van der Waals surface area contributed by atoms with Crippen molar-refractivity contribution < 1.29 is 14.3 Å². The highest BCUT2D eigenvalue weighted by molar-refractivity contribution is 6.17. The summed E-state index contributed by atoms with van der Waals surface area (Å²) in [5.74, 6) is 1.85. The molecule has 0 bridgehead atoms. The molecule has 0 radical (unpaired) electrons. The van der Waals surface area contributed by atoms with Gasteiger partial charge in [0.2, 0.25) is 6.10 Å². The number of halogens is 1. The Morgan fingerprint density at radius 3 is 2.80 bits per heavy atom. The first-order valence-electron chi connectivity index (χ1n) is 6.95. The van der Waals surface area contributed by atoms with Crippen LogP contribution in [0.2, 0.25) is 0 Å². The Labute approximate surface area is 123 Å². The summed E-state index contributed by atoms with van der Waals surface area (Å²) in [5.41, 5.74) is 0.227. The second-order valence-corrected chi connectivity index (χ2v) is 5.90. The van der Waals surface area contributed by atoms with Crippen LogP contribution in [0.15, 0.2) is 24.3 Å². The van der Waals surface area contributed by atoms with Crippen molar-refractivity contribution in [1.82, 2.24) is 5.32 Å². The van der Waals surface area contributed by atoms with E-state index in [-0.39, 0.29) is 17.9 Å². The van der Waals surface area contributed by atoms with Crippen LogP contribution in [0.1, 0.15) is 19.3 Å². The van der Waals surface area contributed by atoms with Crippen LogP contribution in [0, 0.1) is 5.41 Å². The van der Waals surface area contributed by atoms with Crippen molar-refractivity contribution in [1.29, 1.82) is 0 Å². The van der Waals surface area contributed by atoms with Crippen molar-refractivity contribution >= 4 is 17.5 Å². The lowest BCUT2D eigenvalue weighted by atomic mass is 10.0. The van der Waals surface area contributed by atoms with E-state index >= 15 is 0 Å². The van der Waals surface area contributed by atoms with E-state index in [1.807, 2.05) is 24.3 Å². The lowest BCUT2D eigenvalue weighted by molar-refractivity contribution is -0.130. The predicted octanol–water partition coefficient (Wildman–Crippen LogP) is 2.35. The van der Waals surface area contributed by atoms with E-state index < -0.39 is 6.10 Å². The molecule has 0 saturated heterocycles. The lowest BCUT2D eigenvalue weighted by Gasteiger charge is -2.26. The predicted molar refractivity (Wildman–Crippen MR) is 76.4 cm³/mol. The number of ether oxygens (including phenoxy) is 2. The van der Waals surface area contributed by atoms with Gasteiger partial charge >= 0.3 is 0 Å².